The average molecular weight is 159 g/mol. The molecule has 0 spiro atoms. The molecule has 0 aliphatic carbocycles. The van der Waals surface area contributed by atoms with Gasteiger partial charge in [0.05, 0.1) is 0 Å². The molecule has 0 N–H and O–H groups in total. The first-order chi connectivity index (χ1) is 4.49. The topological polar surface area (TPSA) is 3.24 Å². The van der Waals surface area contributed by atoms with Gasteiger partial charge in [0, 0.05) is 6.54 Å². The van der Waals surface area contributed by atoms with Crippen molar-refractivity contribution in [3.63, 3.8) is 0 Å². The minimum absolute atomic E-state index is 0. The quantitative estimate of drug-likeness (QED) is 0.612. The van der Waals surface area contributed by atoms with Gasteiger partial charge in [-0.1, -0.05) is 42.0 Å². The van der Waals surface area contributed by atoms with Crippen LogP contribution in [0.25, 0.3) is 0 Å². The largest absolute Gasteiger partial charge is 0.303 e. The monoisotopic (exact) mass is 159 g/mol. The Morgan fingerprint density at radius 3 is 1.45 bits per heavy atom. The third kappa shape index (κ3) is 7.86. The molecule has 0 aliphatic rings. The van der Waals surface area contributed by atoms with E-state index in [0.717, 1.165) is 0 Å². The Kier molecular flexibility index (Phi) is 6.88. The van der Waals surface area contributed by atoms with Crippen molar-refractivity contribution in [1.82, 2.24) is 4.90 Å². The van der Waals surface area contributed by atoms with Crippen LogP contribution in [0.2, 0.25) is 0 Å². The van der Waals surface area contributed by atoms with Crippen molar-refractivity contribution in [2.24, 2.45) is 5.41 Å². The van der Waals surface area contributed by atoms with Gasteiger partial charge in [-0.2, -0.15) is 0 Å². The van der Waals surface area contributed by atoms with Gasteiger partial charge in [-0.25, -0.2) is 0 Å². The van der Waals surface area contributed by atoms with Crippen molar-refractivity contribution < 1.29 is 0 Å². The van der Waals surface area contributed by atoms with Gasteiger partial charge in [0.1, 0.15) is 0 Å². The van der Waals surface area contributed by atoms with E-state index in [2.05, 4.69) is 39.5 Å². The van der Waals surface area contributed by atoms with E-state index in [9.17, 15) is 0 Å². The molecule has 0 fully saturated rings. The summed E-state index contributed by atoms with van der Waals surface area (Å²) in [5, 5.41) is 0. The summed E-state index contributed by atoms with van der Waals surface area (Å²) in [6.45, 7) is 14.8. The number of hydrogen-bond acceptors (Lipinski definition) is 1. The molecule has 0 atom stereocenters. The Morgan fingerprint density at radius 2 is 1.36 bits per heavy atom. The van der Waals surface area contributed by atoms with E-state index in [1.54, 1.807) is 0 Å². The molecule has 1 heteroatoms. The van der Waals surface area contributed by atoms with Crippen LogP contribution in [-0.2, 0) is 0 Å². The molecule has 70 valence electrons. The summed E-state index contributed by atoms with van der Waals surface area (Å²) in [5.41, 5.74) is 0.450. The lowest BCUT2D eigenvalue weighted by molar-refractivity contribution is 0.208. The second-order valence-corrected chi connectivity index (χ2v) is 4.02. The standard InChI is InChI=1S/C9H21N.CH4/c1-6-10(7-2)8-9(3,4)5;/h6-8H2,1-5H3;1H4. The van der Waals surface area contributed by atoms with Crippen LogP contribution in [0.4, 0.5) is 0 Å². The maximum atomic E-state index is 2.46. The minimum Gasteiger partial charge on any atom is -0.303 e. The highest BCUT2D eigenvalue weighted by Crippen LogP contribution is 2.14. The lowest BCUT2D eigenvalue weighted by Crippen LogP contribution is -2.32. The minimum atomic E-state index is 0. The summed E-state index contributed by atoms with van der Waals surface area (Å²) in [6, 6.07) is 0. The molecule has 0 saturated carbocycles. The number of hydrogen-bond donors (Lipinski definition) is 0. The predicted octanol–water partition coefficient (Wildman–Crippen LogP) is 3.01. The van der Waals surface area contributed by atoms with Crippen molar-refractivity contribution in [1.29, 1.82) is 0 Å². The van der Waals surface area contributed by atoms with E-state index in [0.29, 0.717) is 5.41 Å². The molecular weight excluding hydrogens is 134 g/mol. The molecule has 0 radical (unpaired) electrons. The predicted molar refractivity (Wildman–Crippen MR) is 54.0 cm³/mol. The molecule has 0 amide bonds. The lowest BCUT2D eigenvalue weighted by atomic mass is 9.96. The molecule has 0 saturated heterocycles. The Balaban J connectivity index is 0. The van der Waals surface area contributed by atoms with E-state index in [1.165, 1.54) is 19.6 Å². The first-order valence-corrected chi connectivity index (χ1v) is 4.22. The van der Waals surface area contributed by atoms with Crippen LogP contribution in [0.15, 0.2) is 0 Å². The van der Waals surface area contributed by atoms with Gasteiger partial charge in [0.25, 0.3) is 0 Å². The first kappa shape index (κ1) is 13.5. The zero-order chi connectivity index (χ0) is 8.20. The van der Waals surface area contributed by atoms with Crippen molar-refractivity contribution in [2.75, 3.05) is 19.6 Å². The molecule has 0 unspecified atom stereocenters. The molecule has 1 nitrogen and oxygen atoms in total. The van der Waals surface area contributed by atoms with Crippen molar-refractivity contribution >= 4 is 0 Å². The second kappa shape index (κ2) is 5.59. The average Bonchev–Trinajstić information content (AvgIpc) is 1.81. The molecule has 0 aliphatic heterocycles. The first-order valence-electron chi connectivity index (χ1n) is 4.22. The van der Waals surface area contributed by atoms with Crippen LogP contribution >= 0.6 is 0 Å². The fourth-order valence-electron chi connectivity index (χ4n) is 1.12. The molecule has 0 rings (SSSR count). The highest BCUT2D eigenvalue weighted by atomic mass is 15.1. The van der Waals surface area contributed by atoms with Crippen LogP contribution in [0.3, 0.4) is 0 Å². The fourth-order valence-corrected chi connectivity index (χ4v) is 1.12. The molecule has 0 aromatic rings. The summed E-state index contributed by atoms with van der Waals surface area (Å²) < 4.78 is 0. The Morgan fingerprint density at radius 1 is 1.00 bits per heavy atom. The van der Waals surface area contributed by atoms with Gasteiger partial charge in [0.15, 0.2) is 0 Å². The molecule has 0 heterocycles. The summed E-state index contributed by atoms with van der Waals surface area (Å²) in [4.78, 5) is 2.46. The summed E-state index contributed by atoms with van der Waals surface area (Å²) in [6.07, 6.45) is 0. The van der Waals surface area contributed by atoms with Gasteiger partial charge in [0.2, 0.25) is 0 Å². The van der Waals surface area contributed by atoms with E-state index >= 15 is 0 Å². The lowest BCUT2D eigenvalue weighted by Gasteiger charge is -2.27. The Bertz CT molecular complexity index is 77.4. The van der Waals surface area contributed by atoms with E-state index < -0.39 is 0 Å². The van der Waals surface area contributed by atoms with Crippen LogP contribution in [0, 0.1) is 5.41 Å². The second-order valence-electron chi connectivity index (χ2n) is 4.02. The van der Waals surface area contributed by atoms with Gasteiger partial charge in [-0.3, -0.25) is 0 Å². The zero-order valence-corrected chi connectivity index (χ0v) is 8.07. The van der Waals surface area contributed by atoms with Crippen LogP contribution in [0.5, 0.6) is 0 Å². The highest BCUT2D eigenvalue weighted by molar-refractivity contribution is 4.66. The molecular formula is C10H25N. The van der Waals surface area contributed by atoms with Crippen molar-refractivity contribution in [3.05, 3.63) is 0 Å². The van der Waals surface area contributed by atoms with Crippen molar-refractivity contribution in [2.45, 2.75) is 42.0 Å². The van der Waals surface area contributed by atoms with Crippen molar-refractivity contribution in [3.8, 4) is 0 Å². The van der Waals surface area contributed by atoms with E-state index in [-0.39, 0.29) is 7.43 Å². The van der Waals surface area contributed by atoms with Crippen LogP contribution < -0.4 is 0 Å². The molecule has 0 bridgehead atoms. The SMILES string of the molecule is C.CCN(CC)CC(C)(C)C. The maximum absolute atomic E-state index is 2.46. The fraction of sp³-hybridized carbons (Fsp3) is 1.00. The van der Waals surface area contributed by atoms with Gasteiger partial charge >= 0.3 is 0 Å². The third-order valence-corrected chi connectivity index (χ3v) is 1.59. The van der Waals surface area contributed by atoms with Gasteiger partial charge in [-0.05, 0) is 18.5 Å². The van der Waals surface area contributed by atoms with E-state index in [1.807, 2.05) is 0 Å². The van der Waals surface area contributed by atoms with Gasteiger partial charge in [-0.15, -0.1) is 0 Å². The molecule has 11 heavy (non-hydrogen) atoms. The summed E-state index contributed by atoms with van der Waals surface area (Å²) in [7, 11) is 0. The molecule has 0 aromatic carbocycles. The van der Waals surface area contributed by atoms with Gasteiger partial charge < -0.3 is 4.90 Å². The maximum Gasteiger partial charge on any atom is 0.00298 e. The summed E-state index contributed by atoms with van der Waals surface area (Å²) in [5.74, 6) is 0. The molecule has 0 aromatic heterocycles. The summed E-state index contributed by atoms with van der Waals surface area (Å²) >= 11 is 0. The normalized spacial score (nSPS) is 11.5. The highest BCUT2D eigenvalue weighted by Gasteiger charge is 2.13. The Labute approximate surface area is 72.8 Å². The third-order valence-electron chi connectivity index (χ3n) is 1.59. The zero-order valence-electron chi connectivity index (χ0n) is 8.07. The number of rotatable bonds is 3. The Hall–Kier alpha value is -0.0400. The smallest absolute Gasteiger partial charge is 0.00298 e. The van der Waals surface area contributed by atoms with Crippen LogP contribution in [0.1, 0.15) is 42.0 Å². The number of nitrogens with zero attached hydrogens (tertiary/aromatic N) is 1. The van der Waals surface area contributed by atoms with Crippen LogP contribution in [-0.4, -0.2) is 24.5 Å². The van der Waals surface area contributed by atoms with E-state index in [4.69, 9.17) is 0 Å².